The first-order valence-electron chi connectivity index (χ1n) is 6.78. The maximum absolute atomic E-state index is 13.2. The molecule has 0 spiro atoms. The third kappa shape index (κ3) is 4.07. The van der Waals surface area contributed by atoms with E-state index in [4.69, 9.17) is 0 Å². The Labute approximate surface area is 109 Å². The lowest BCUT2D eigenvalue weighted by Crippen LogP contribution is -2.37. The molecule has 1 fully saturated rings. The van der Waals surface area contributed by atoms with Gasteiger partial charge in [0.15, 0.2) is 0 Å². The second kappa shape index (κ2) is 5.81. The molecule has 0 bridgehead atoms. The normalized spacial score (nSPS) is 15.9. The van der Waals surface area contributed by atoms with Crippen LogP contribution in [0, 0.1) is 5.82 Å². The number of benzene rings is 1. The van der Waals surface area contributed by atoms with Gasteiger partial charge in [0.05, 0.1) is 0 Å². The first-order valence-corrected chi connectivity index (χ1v) is 6.78. The summed E-state index contributed by atoms with van der Waals surface area (Å²) in [5, 5.41) is 6.91. The molecule has 2 rings (SSSR count). The molecule has 1 aromatic rings. The zero-order valence-corrected chi connectivity index (χ0v) is 11.3. The van der Waals surface area contributed by atoms with Crippen molar-refractivity contribution < 1.29 is 4.39 Å². The molecule has 1 aromatic carbocycles. The van der Waals surface area contributed by atoms with E-state index in [0.717, 1.165) is 31.2 Å². The Hall–Kier alpha value is -0.930. The summed E-state index contributed by atoms with van der Waals surface area (Å²) in [6.07, 6.45) is 2.66. The Balaban J connectivity index is 1.75. The molecule has 1 aliphatic carbocycles. The molecule has 1 saturated carbocycles. The standard InChI is InChI=1S/C15H23FN2/c1-15(2,12-4-3-5-13(16)10-12)11-17-8-9-18-14-6-7-14/h3-5,10,14,17-18H,6-9,11H2,1-2H3. The van der Waals surface area contributed by atoms with E-state index < -0.39 is 0 Å². The number of hydrogen-bond acceptors (Lipinski definition) is 2. The van der Waals surface area contributed by atoms with Crippen molar-refractivity contribution in [3.8, 4) is 0 Å². The maximum Gasteiger partial charge on any atom is 0.123 e. The summed E-state index contributed by atoms with van der Waals surface area (Å²) in [5.74, 6) is -0.157. The lowest BCUT2D eigenvalue weighted by Gasteiger charge is -2.26. The van der Waals surface area contributed by atoms with Crippen LogP contribution in [0.5, 0.6) is 0 Å². The van der Waals surface area contributed by atoms with Crippen LogP contribution in [-0.2, 0) is 5.41 Å². The van der Waals surface area contributed by atoms with Crippen LogP contribution in [0.25, 0.3) is 0 Å². The molecule has 0 radical (unpaired) electrons. The van der Waals surface area contributed by atoms with Crippen LogP contribution >= 0.6 is 0 Å². The van der Waals surface area contributed by atoms with Gasteiger partial charge in [-0.05, 0) is 30.5 Å². The zero-order valence-electron chi connectivity index (χ0n) is 11.3. The van der Waals surface area contributed by atoms with Crippen molar-refractivity contribution in [1.82, 2.24) is 10.6 Å². The van der Waals surface area contributed by atoms with Crippen LogP contribution in [0.2, 0.25) is 0 Å². The van der Waals surface area contributed by atoms with Crippen molar-refractivity contribution in [2.45, 2.75) is 38.1 Å². The fourth-order valence-electron chi connectivity index (χ4n) is 2.06. The van der Waals surface area contributed by atoms with Crippen molar-refractivity contribution in [2.75, 3.05) is 19.6 Å². The molecular weight excluding hydrogens is 227 g/mol. The van der Waals surface area contributed by atoms with Crippen molar-refractivity contribution in [2.24, 2.45) is 0 Å². The van der Waals surface area contributed by atoms with E-state index in [9.17, 15) is 4.39 Å². The highest BCUT2D eigenvalue weighted by atomic mass is 19.1. The number of halogens is 1. The summed E-state index contributed by atoms with van der Waals surface area (Å²) in [6.45, 7) is 7.13. The molecular formula is C15H23FN2. The second-order valence-corrected chi connectivity index (χ2v) is 5.80. The minimum Gasteiger partial charge on any atom is -0.315 e. The predicted octanol–water partition coefficient (Wildman–Crippen LogP) is 2.44. The number of rotatable bonds is 7. The van der Waals surface area contributed by atoms with Crippen molar-refractivity contribution in [3.63, 3.8) is 0 Å². The summed E-state index contributed by atoms with van der Waals surface area (Å²) >= 11 is 0. The molecule has 0 heterocycles. The van der Waals surface area contributed by atoms with E-state index in [1.807, 2.05) is 6.07 Å². The molecule has 2 nitrogen and oxygen atoms in total. The van der Waals surface area contributed by atoms with Gasteiger partial charge >= 0.3 is 0 Å². The van der Waals surface area contributed by atoms with Gasteiger partial charge in [-0.15, -0.1) is 0 Å². The third-order valence-electron chi connectivity index (χ3n) is 3.49. The van der Waals surface area contributed by atoms with E-state index in [1.165, 1.54) is 18.9 Å². The van der Waals surface area contributed by atoms with Crippen LogP contribution in [-0.4, -0.2) is 25.7 Å². The van der Waals surface area contributed by atoms with Gasteiger partial charge < -0.3 is 10.6 Å². The fourth-order valence-corrected chi connectivity index (χ4v) is 2.06. The van der Waals surface area contributed by atoms with E-state index in [-0.39, 0.29) is 11.2 Å². The topological polar surface area (TPSA) is 24.1 Å². The number of hydrogen-bond donors (Lipinski definition) is 2. The highest BCUT2D eigenvalue weighted by molar-refractivity contribution is 5.24. The Kier molecular flexibility index (Phi) is 4.36. The SMILES string of the molecule is CC(C)(CNCCNC1CC1)c1cccc(F)c1. The highest BCUT2D eigenvalue weighted by Gasteiger charge is 2.21. The minimum absolute atomic E-state index is 0.0400. The molecule has 2 N–H and O–H groups in total. The van der Waals surface area contributed by atoms with E-state index >= 15 is 0 Å². The molecule has 0 aliphatic heterocycles. The van der Waals surface area contributed by atoms with Crippen LogP contribution in [0.3, 0.4) is 0 Å². The summed E-state index contributed by atoms with van der Waals surface area (Å²) in [6, 6.07) is 7.66. The van der Waals surface area contributed by atoms with Crippen molar-refractivity contribution in [1.29, 1.82) is 0 Å². The van der Waals surface area contributed by atoms with Gasteiger partial charge in [0.25, 0.3) is 0 Å². The minimum atomic E-state index is -0.157. The summed E-state index contributed by atoms with van der Waals surface area (Å²) in [7, 11) is 0. The van der Waals surface area contributed by atoms with Gasteiger partial charge in [0.1, 0.15) is 5.82 Å². The average Bonchev–Trinajstić information content (AvgIpc) is 3.12. The van der Waals surface area contributed by atoms with E-state index in [1.54, 1.807) is 12.1 Å². The van der Waals surface area contributed by atoms with Gasteiger partial charge in [0, 0.05) is 31.1 Å². The molecule has 0 atom stereocenters. The fraction of sp³-hybridized carbons (Fsp3) is 0.600. The lowest BCUT2D eigenvalue weighted by molar-refractivity contribution is 0.461. The second-order valence-electron chi connectivity index (χ2n) is 5.80. The van der Waals surface area contributed by atoms with Gasteiger partial charge in [-0.2, -0.15) is 0 Å². The third-order valence-corrected chi connectivity index (χ3v) is 3.49. The summed E-state index contributed by atoms with van der Waals surface area (Å²) in [5.41, 5.74) is 1.01. The zero-order chi connectivity index (χ0) is 13.0. The van der Waals surface area contributed by atoms with E-state index in [0.29, 0.717) is 0 Å². The molecule has 0 unspecified atom stereocenters. The van der Waals surface area contributed by atoms with E-state index in [2.05, 4.69) is 24.5 Å². The van der Waals surface area contributed by atoms with Crippen LogP contribution in [0.1, 0.15) is 32.3 Å². The molecule has 0 aromatic heterocycles. The van der Waals surface area contributed by atoms with Crippen LogP contribution < -0.4 is 10.6 Å². The van der Waals surface area contributed by atoms with Crippen molar-refractivity contribution >= 4 is 0 Å². The Morgan fingerprint density at radius 3 is 2.72 bits per heavy atom. The summed E-state index contributed by atoms with van der Waals surface area (Å²) in [4.78, 5) is 0. The average molecular weight is 250 g/mol. The smallest absolute Gasteiger partial charge is 0.123 e. The maximum atomic E-state index is 13.2. The van der Waals surface area contributed by atoms with Gasteiger partial charge in [-0.1, -0.05) is 26.0 Å². The van der Waals surface area contributed by atoms with Crippen LogP contribution in [0.15, 0.2) is 24.3 Å². The van der Waals surface area contributed by atoms with Gasteiger partial charge in [-0.25, -0.2) is 4.39 Å². The Morgan fingerprint density at radius 1 is 1.28 bits per heavy atom. The Morgan fingerprint density at radius 2 is 2.06 bits per heavy atom. The molecule has 100 valence electrons. The molecule has 3 heteroatoms. The number of nitrogens with one attached hydrogen (secondary N) is 2. The first kappa shape index (κ1) is 13.5. The lowest BCUT2D eigenvalue weighted by atomic mass is 9.84. The van der Waals surface area contributed by atoms with Gasteiger partial charge in [-0.3, -0.25) is 0 Å². The quantitative estimate of drug-likeness (QED) is 0.726. The highest BCUT2D eigenvalue weighted by Crippen LogP contribution is 2.22. The molecule has 18 heavy (non-hydrogen) atoms. The van der Waals surface area contributed by atoms with Crippen LogP contribution in [0.4, 0.5) is 4.39 Å². The molecule has 0 saturated heterocycles. The largest absolute Gasteiger partial charge is 0.315 e. The molecule has 0 amide bonds. The predicted molar refractivity (Wildman–Crippen MR) is 73.3 cm³/mol. The molecule has 1 aliphatic rings. The van der Waals surface area contributed by atoms with Gasteiger partial charge in [0.2, 0.25) is 0 Å². The summed E-state index contributed by atoms with van der Waals surface area (Å²) < 4.78 is 13.2. The monoisotopic (exact) mass is 250 g/mol. The first-order chi connectivity index (χ1) is 8.58. The van der Waals surface area contributed by atoms with Crippen molar-refractivity contribution in [3.05, 3.63) is 35.6 Å². The Bertz CT molecular complexity index is 386.